The summed E-state index contributed by atoms with van der Waals surface area (Å²) >= 11 is 0. The van der Waals surface area contributed by atoms with Gasteiger partial charge in [-0.05, 0) is 17.7 Å². The van der Waals surface area contributed by atoms with Gasteiger partial charge in [-0.3, -0.25) is 4.79 Å². The Morgan fingerprint density at radius 2 is 2.37 bits per heavy atom. The topological polar surface area (TPSA) is 78.9 Å². The van der Waals surface area contributed by atoms with Gasteiger partial charge in [-0.1, -0.05) is 12.1 Å². The van der Waals surface area contributed by atoms with Crippen molar-refractivity contribution in [1.29, 1.82) is 0 Å². The van der Waals surface area contributed by atoms with Crippen LogP contribution < -0.4 is 10.1 Å². The molecule has 0 radical (unpaired) electrons. The highest BCUT2D eigenvalue weighted by Crippen LogP contribution is 2.23. The van der Waals surface area contributed by atoms with Crippen LogP contribution in [-0.2, 0) is 4.79 Å². The quantitative estimate of drug-likeness (QED) is 0.838. The first-order valence-electron chi connectivity index (χ1n) is 6.01. The lowest BCUT2D eigenvalue weighted by molar-refractivity contribution is -0.137. The lowest BCUT2D eigenvalue weighted by atomic mass is 10.1. The maximum Gasteiger partial charge on any atom is 0.318 e. The summed E-state index contributed by atoms with van der Waals surface area (Å²) in [5.41, 5.74) is 0.950. The van der Waals surface area contributed by atoms with E-state index in [9.17, 15) is 9.59 Å². The van der Waals surface area contributed by atoms with Gasteiger partial charge in [-0.15, -0.1) is 0 Å². The van der Waals surface area contributed by atoms with Crippen molar-refractivity contribution < 1.29 is 19.4 Å². The summed E-state index contributed by atoms with van der Waals surface area (Å²) in [6.07, 6.45) is -0.0434. The van der Waals surface area contributed by atoms with Gasteiger partial charge in [-0.2, -0.15) is 0 Å². The van der Waals surface area contributed by atoms with Crippen molar-refractivity contribution in [3.63, 3.8) is 0 Å². The number of benzene rings is 1. The number of carboxylic acids is 1. The highest BCUT2D eigenvalue weighted by molar-refractivity contribution is 5.78. The molecular formula is C13H16N2O4. The Labute approximate surface area is 111 Å². The Kier molecular flexibility index (Phi) is 3.89. The number of ether oxygens (including phenoxy) is 1. The molecule has 2 N–H and O–H groups in total. The third kappa shape index (κ3) is 3.15. The monoisotopic (exact) mass is 264 g/mol. The van der Waals surface area contributed by atoms with Crippen LogP contribution in [-0.4, -0.2) is 42.2 Å². The van der Waals surface area contributed by atoms with Crippen molar-refractivity contribution in [3.05, 3.63) is 29.8 Å². The van der Waals surface area contributed by atoms with Gasteiger partial charge < -0.3 is 20.1 Å². The van der Waals surface area contributed by atoms with Crippen LogP contribution in [0.5, 0.6) is 5.75 Å². The van der Waals surface area contributed by atoms with Gasteiger partial charge in [0.1, 0.15) is 5.75 Å². The number of methoxy groups -OCH3 is 1. The number of rotatable bonds is 5. The number of carboxylic acid groups (broad SMARTS) is 1. The molecule has 6 heteroatoms. The Bertz CT molecular complexity index is 489. The first-order chi connectivity index (χ1) is 9.10. The highest BCUT2D eigenvalue weighted by Gasteiger charge is 2.29. The minimum atomic E-state index is -0.905. The van der Waals surface area contributed by atoms with Crippen molar-refractivity contribution in [3.8, 4) is 5.75 Å². The van der Waals surface area contributed by atoms with Crippen molar-refractivity contribution >= 4 is 12.0 Å². The largest absolute Gasteiger partial charge is 0.497 e. The minimum Gasteiger partial charge on any atom is -0.497 e. The lowest BCUT2D eigenvalue weighted by Crippen LogP contribution is -2.30. The molecule has 1 heterocycles. The first-order valence-corrected chi connectivity index (χ1v) is 6.01. The Morgan fingerprint density at radius 1 is 1.58 bits per heavy atom. The van der Waals surface area contributed by atoms with Gasteiger partial charge in [0, 0.05) is 13.1 Å². The zero-order valence-corrected chi connectivity index (χ0v) is 10.6. The van der Waals surface area contributed by atoms with E-state index in [1.54, 1.807) is 7.11 Å². The van der Waals surface area contributed by atoms with E-state index >= 15 is 0 Å². The van der Waals surface area contributed by atoms with Crippen molar-refractivity contribution in [2.24, 2.45) is 0 Å². The van der Waals surface area contributed by atoms with Crippen LogP contribution in [0.25, 0.3) is 0 Å². The molecule has 1 aromatic carbocycles. The van der Waals surface area contributed by atoms with Gasteiger partial charge in [0.15, 0.2) is 0 Å². The maximum atomic E-state index is 11.7. The Balaban J connectivity index is 2.03. The summed E-state index contributed by atoms with van der Waals surface area (Å²) in [7, 11) is 1.59. The van der Waals surface area contributed by atoms with E-state index in [1.807, 2.05) is 24.3 Å². The first kappa shape index (κ1) is 13.2. The number of nitrogens with zero attached hydrogens (tertiary/aromatic N) is 1. The van der Waals surface area contributed by atoms with Gasteiger partial charge in [0.2, 0.25) is 0 Å². The molecule has 0 aliphatic carbocycles. The SMILES string of the molecule is COc1cccc(C2CN(CCC(=O)O)C(=O)N2)c1. The van der Waals surface area contributed by atoms with Crippen LogP contribution in [0.3, 0.4) is 0 Å². The number of urea groups is 1. The fourth-order valence-corrected chi connectivity index (χ4v) is 2.06. The number of carbonyl (C=O) groups excluding carboxylic acids is 1. The Morgan fingerprint density at radius 3 is 3.05 bits per heavy atom. The molecule has 0 bridgehead atoms. The summed E-state index contributed by atoms with van der Waals surface area (Å²) in [5, 5.41) is 11.5. The van der Waals surface area contributed by atoms with E-state index in [-0.39, 0.29) is 25.0 Å². The summed E-state index contributed by atoms with van der Waals surface area (Å²) in [6.45, 7) is 0.695. The molecule has 1 aliphatic heterocycles. The van der Waals surface area contributed by atoms with Crippen molar-refractivity contribution in [1.82, 2.24) is 10.2 Å². The molecule has 2 amide bonds. The summed E-state index contributed by atoms with van der Waals surface area (Å²) in [4.78, 5) is 23.8. The van der Waals surface area contributed by atoms with Crippen LogP contribution in [0.2, 0.25) is 0 Å². The molecule has 102 valence electrons. The van der Waals surface area contributed by atoms with Crippen molar-refractivity contribution in [2.45, 2.75) is 12.5 Å². The number of hydrogen-bond acceptors (Lipinski definition) is 3. The third-order valence-corrected chi connectivity index (χ3v) is 3.08. The van der Waals surface area contributed by atoms with Crippen LogP contribution in [0.1, 0.15) is 18.0 Å². The molecule has 0 aromatic heterocycles. The van der Waals surface area contributed by atoms with Crippen LogP contribution in [0.15, 0.2) is 24.3 Å². The summed E-state index contributed by atoms with van der Waals surface area (Å²) < 4.78 is 5.14. The molecule has 6 nitrogen and oxygen atoms in total. The van der Waals surface area contributed by atoms with E-state index < -0.39 is 5.97 Å². The van der Waals surface area contributed by atoms with E-state index in [1.165, 1.54) is 4.90 Å². The second-order valence-corrected chi connectivity index (χ2v) is 4.37. The minimum absolute atomic E-state index is 0.0434. The molecule has 0 saturated carbocycles. The number of nitrogens with one attached hydrogen (secondary N) is 1. The maximum absolute atomic E-state index is 11.7. The molecule has 0 spiro atoms. The van der Waals surface area contributed by atoms with Gasteiger partial charge in [-0.25, -0.2) is 4.79 Å². The molecule has 1 atom stereocenters. The van der Waals surface area contributed by atoms with E-state index in [2.05, 4.69) is 5.32 Å². The molecule has 1 saturated heterocycles. The highest BCUT2D eigenvalue weighted by atomic mass is 16.5. The molecular weight excluding hydrogens is 248 g/mol. The van der Waals surface area contributed by atoms with Crippen LogP contribution in [0.4, 0.5) is 4.79 Å². The second kappa shape index (κ2) is 5.60. The molecule has 19 heavy (non-hydrogen) atoms. The van der Waals surface area contributed by atoms with Gasteiger partial charge in [0.25, 0.3) is 0 Å². The predicted octanol–water partition coefficient (Wildman–Crippen LogP) is 1.24. The number of carbonyl (C=O) groups is 2. The summed E-state index contributed by atoms with van der Waals surface area (Å²) in [5.74, 6) is -0.173. The summed E-state index contributed by atoms with van der Waals surface area (Å²) in [6, 6.07) is 7.12. The molecule has 1 fully saturated rings. The lowest BCUT2D eigenvalue weighted by Gasteiger charge is -2.13. The zero-order chi connectivity index (χ0) is 13.8. The normalized spacial score (nSPS) is 18.3. The van der Waals surface area contributed by atoms with Crippen LogP contribution >= 0.6 is 0 Å². The number of hydrogen-bond donors (Lipinski definition) is 2. The fraction of sp³-hybridized carbons (Fsp3) is 0.385. The Hall–Kier alpha value is -2.24. The number of aliphatic carboxylic acids is 1. The zero-order valence-electron chi connectivity index (χ0n) is 10.6. The van der Waals surface area contributed by atoms with E-state index in [0.717, 1.165) is 11.3 Å². The number of amides is 2. The average Bonchev–Trinajstić information content (AvgIpc) is 2.78. The van der Waals surface area contributed by atoms with Gasteiger partial charge >= 0.3 is 12.0 Å². The molecule has 1 aliphatic rings. The molecule has 2 rings (SSSR count). The average molecular weight is 264 g/mol. The van der Waals surface area contributed by atoms with Crippen molar-refractivity contribution in [2.75, 3.05) is 20.2 Å². The van der Waals surface area contributed by atoms with E-state index in [4.69, 9.17) is 9.84 Å². The van der Waals surface area contributed by atoms with Crippen LogP contribution in [0, 0.1) is 0 Å². The third-order valence-electron chi connectivity index (χ3n) is 3.08. The smallest absolute Gasteiger partial charge is 0.318 e. The molecule has 1 aromatic rings. The predicted molar refractivity (Wildman–Crippen MR) is 68.1 cm³/mol. The molecule has 1 unspecified atom stereocenters. The second-order valence-electron chi connectivity index (χ2n) is 4.37. The van der Waals surface area contributed by atoms with E-state index in [0.29, 0.717) is 6.54 Å². The van der Waals surface area contributed by atoms with Gasteiger partial charge in [0.05, 0.1) is 19.6 Å². The standard InChI is InChI=1S/C13H16N2O4/c1-19-10-4-2-3-9(7-10)11-8-15(13(18)14-11)6-5-12(16)17/h2-4,7,11H,5-6,8H2,1H3,(H,14,18)(H,16,17). The fourth-order valence-electron chi connectivity index (χ4n) is 2.06.